The molecule has 0 spiro atoms. The van der Waals surface area contributed by atoms with Crippen molar-refractivity contribution in [3.63, 3.8) is 0 Å². The first kappa shape index (κ1) is 28.9. The Hall–Kier alpha value is -4.64. The van der Waals surface area contributed by atoms with Gasteiger partial charge in [-0.2, -0.15) is 0 Å². The number of halogens is 1. The van der Waals surface area contributed by atoms with E-state index in [-0.39, 0.29) is 17.5 Å². The Kier molecular flexibility index (Phi) is 8.04. The van der Waals surface area contributed by atoms with Gasteiger partial charge in [0.05, 0.1) is 38.2 Å². The van der Waals surface area contributed by atoms with E-state index in [4.69, 9.17) is 14.2 Å². The lowest BCUT2D eigenvalue weighted by atomic mass is 9.81. The molecule has 9 nitrogen and oxygen atoms in total. The molecule has 0 aliphatic carbocycles. The van der Waals surface area contributed by atoms with Gasteiger partial charge in [0.2, 0.25) is 15.0 Å². The third-order valence-electron chi connectivity index (χ3n) is 7.10. The lowest BCUT2D eigenvalue weighted by Crippen LogP contribution is -2.25. The summed E-state index contributed by atoms with van der Waals surface area (Å²) in [6.07, 6.45) is 6.74. The Labute approximate surface area is 244 Å². The number of ether oxygens (including phenoxy) is 3. The molecule has 0 bridgehead atoms. The van der Waals surface area contributed by atoms with Crippen LogP contribution in [0.5, 0.6) is 17.2 Å². The Bertz CT molecular complexity index is 1770. The van der Waals surface area contributed by atoms with E-state index in [1.165, 1.54) is 24.3 Å². The third-order valence-corrected chi connectivity index (χ3v) is 8.65. The fourth-order valence-corrected chi connectivity index (χ4v) is 5.88. The SMILES string of the molecule is COc1ccc(C(C)(C)c2cnc(S(=O)(=O)CCOc3ccc(-n4ccnc4)cc3)n2-c2ccc(F)cc2)cc1OC. The van der Waals surface area contributed by atoms with Gasteiger partial charge in [0, 0.05) is 29.2 Å². The topological polar surface area (TPSA) is 97.5 Å². The highest BCUT2D eigenvalue weighted by atomic mass is 32.2. The lowest BCUT2D eigenvalue weighted by molar-refractivity contribution is 0.340. The van der Waals surface area contributed by atoms with E-state index in [1.54, 1.807) is 55.7 Å². The van der Waals surface area contributed by atoms with E-state index in [9.17, 15) is 12.8 Å². The van der Waals surface area contributed by atoms with Crippen molar-refractivity contribution in [1.82, 2.24) is 19.1 Å². The molecular weight excluding hydrogens is 559 g/mol. The standard InChI is InChI=1S/C31H31FN4O5S/c1-31(2,22-5-14-27(39-3)28(19-22)40-4)29-20-34-30(36(29)25-8-6-23(32)7-9-25)42(37,38)18-17-41-26-12-10-24(11-13-26)35-16-15-33-21-35/h5-16,19-21H,17-18H2,1-4H3. The molecule has 218 valence electrons. The van der Waals surface area contributed by atoms with Crippen LogP contribution < -0.4 is 14.2 Å². The molecule has 5 rings (SSSR count). The third kappa shape index (κ3) is 5.73. The van der Waals surface area contributed by atoms with Gasteiger partial charge in [-0.15, -0.1) is 0 Å². The van der Waals surface area contributed by atoms with E-state index in [0.717, 1.165) is 11.3 Å². The van der Waals surface area contributed by atoms with Crippen molar-refractivity contribution in [1.29, 1.82) is 0 Å². The summed E-state index contributed by atoms with van der Waals surface area (Å²) in [6.45, 7) is 3.83. The van der Waals surface area contributed by atoms with E-state index < -0.39 is 21.1 Å². The highest BCUT2D eigenvalue weighted by Crippen LogP contribution is 2.39. The average Bonchev–Trinajstić information content (AvgIpc) is 3.69. The van der Waals surface area contributed by atoms with Gasteiger partial charge in [0.15, 0.2) is 11.5 Å². The second-order valence-electron chi connectivity index (χ2n) is 10.1. The second kappa shape index (κ2) is 11.7. The maximum Gasteiger partial charge on any atom is 0.232 e. The first-order valence-electron chi connectivity index (χ1n) is 13.1. The smallest absolute Gasteiger partial charge is 0.232 e. The number of hydrogen-bond donors (Lipinski definition) is 0. The van der Waals surface area contributed by atoms with Gasteiger partial charge in [0.1, 0.15) is 18.2 Å². The summed E-state index contributed by atoms with van der Waals surface area (Å²) in [5.41, 5.74) is 2.07. The highest BCUT2D eigenvalue weighted by molar-refractivity contribution is 7.91. The van der Waals surface area contributed by atoms with Crippen LogP contribution in [0.4, 0.5) is 4.39 Å². The van der Waals surface area contributed by atoms with Crippen LogP contribution in [0.3, 0.4) is 0 Å². The lowest BCUT2D eigenvalue weighted by Gasteiger charge is -2.28. The van der Waals surface area contributed by atoms with Crippen LogP contribution >= 0.6 is 0 Å². The zero-order valence-corrected chi connectivity index (χ0v) is 24.5. The molecule has 0 aliphatic rings. The Morgan fingerprint density at radius 2 is 1.60 bits per heavy atom. The van der Waals surface area contributed by atoms with Crippen LogP contribution in [0.15, 0.2) is 96.8 Å². The molecule has 5 aromatic rings. The first-order chi connectivity index (χ1) is 20.1. The fraction of sp³-hybridized carbons (Fsp3) is 0.226. The molecule has 0 atom stereocenters. The summed E-state index contributed by atoms with van der Waals surface area (Å²) in [5, 5.41) is -0.156. The van der Waals surface area contributed by atoms with E-state index >= 15 is 0 Å². The van der Waals surface area contributed by atoms with Crippen LogP contribution in [0.1, 0.15) is 25.1 Å². The number of hydrogen-bond acceptors (Lipinski definition) is 7. The number of aromatic nitrogens is 4. The molecule has 42 heavy (non-hydrogen) atoms. The van der Waals surface area contributed by atoms with Crippen molar-refractivity contribution >= 4 is 9.84 Å². The molecule has 0 aliphatic heterocycles. The van der Waals surface area contributed by atoms with Gasteiger partial charge in [0.25, 0.3) is 0 Å². The molecule has 3 aromatic carbocycles. The number of imidazole rings is 2. The van der Waals surface area contributed by atoms with Crippen LogP contribution in [-0.2, 0) is 15.3 Å². The Morgan fingerprint density at radius 3 is 2.24 bits per heavy atom. The van der Waals surface area contributed by atoms with E-state index in [2.05, 4.69) is 9.97 Å². The molecular formula is C31H31FN4O5S. The summed E-state index contributed by atoms with van der Waals surface area (Å²) >= 11 is 0. The minimum atomic E-state index is -3.93. The molecule has 0 fully saturated rings. The molecule has 0 unspecified atom stereocenters. The van der Waals surface area contributed by atoms with Crippen molar-refractivity contribution in [3.8, 4) is 28.6 Å². The summed E-state index contributed by atoms with van der Waals surface area (Å²) < 4.78 is 61.3. The average molecular weight is 591 g/mol. The summed E-state index contributed by atoms with van der Waals surface area (Å²) in [4.78, 5) is 8.42. The van der Waals surface area contributed by atoms with Gasteiger partial charge >= 0.3 is 0 Å². The highest BCUT2D eigenvalue weighted by Gasteiger charge is 2.33. The Morgan fingerprint density at radius 1 is 0.905 bits per heavy atom. The number of benzene rings is 3. The first-order valence-corrected chi connectivity index (χ1v) is 14.8. The van der Waals surface area contributed by atoms with Gasteiger partial charge in [-0.3, -0.25) is 4.57 Å². The number of nitrogens with zero attached hydrogens (tertiary/aromatic N) is 4. The molecule has 2 aromatic heterocycles. The second-order valence-corrected chi connectivity index (χ2v) is 12.1. The summed E-state index contributed by atoms with van der Waals surface area (Å²) in [6, 6.07) is 18.4. The molecule has 11 heteroatoms. The Balaban J connectivity index is 1.45. The monoisotopic (exact) mass is 590 g/mol. The van der Waals surface area contributed by atoms with Crippen LogP contribution in [0.2, 0.25) is 0 Å². The fourth-order valence-electron chi connectivity index (χ4n) is 4.69. The largest absolute Gasteiger partial charge is 0.493 e. The number of methoxy groups -OCH3 is 2. The van der Waals surface area contributed by atoms with Gasteiger partial charge < -0.3 is 18.8 Å². The van der Waals surface area contributed by atoms with E-state index in [0.29, 0.717) is 28.6 Å². The van der Waals surface area contributed by atoms with Crippen molar-refractivity contribution in [2.24, 2.45) is 0 Å². The zero-order chi connectivity index (χ0) is 29.9. The summed E-state index contributed by atoms with van der Waals surface area (Å²) in [5.74, 6) is 0.899. The van der Waals surface area contributed by atoms with Crippen LogP contribution in [0, 0.1) is 5.82 Å². The van der Waals surface area contributed by atoms with Crippen molar-refractivity contribution in [2.75, 3.05) is 26.6 Å². The maximum atomic E-state index is 13.9. The molecule has 0 saturated carbocycles. The van der Waals surface area contributed by atoms with Crippen LogP contribution in [-0.4, -0.2) is 54.1 Å². The molecule has 0 amide bonds. The zero-order valence-electron chi connectivity index (χ0n) is 23.7. The van der Waals surface area contributed by atoms with E-state index in [1.807, 2.05) is 48.9 Å². The molecule has 0 radical (unpaired) electrons. The quantitative estimate of drug-likeness (QED) is 0.203. The molecule has 2 heterocycles. The van der Waals surface area contributed by atoms with Gasteiger partial charge in [-0.25, -0.2) is 22.8 Å². The minimum absolute atomic E-state index is 0.0859. The van der Waals surface area contributed by atoms with Crippen LogP contribution in [0.25, 0.3) is 11.4 Å². The molecule has 0 saturated heterocycles. The van der Waals surface area contributed by atoms with Crippen molar-refractivity contribution in [3.05, 3.63) is 109 Å². The maximum absolute atomic E-state index is 13.9. The summed E-state index contributed by atoms with van der Waals surface area (Å²) in [7, 11) is -0.819. The van der Waals surface area contributed by atoms with Crippen molar-refractivity contribution < 1.29 is 27.0 Å². The predicted octanol–water partition coefficient (Wildman–Crippen LogP) is 5.39. The number of rotatable bonds is 11. The number of sulfone groups is 1. The molecule has 0 N–H and O–H groups in total. The van der Waals surface area contributed by atoms with Crippen molar-refractivity contribution in [2.45, 2.75) is 24.4 Å². The normalized spacial score (nSPS) is 11.8. The van der Waals surface area contributed by atoms with Gasteiger partial charge in [-0.1, -0.05) is 19.9 Å². The predicted molar refractivity (Wildman–Crippen MR) is 156 cm³/mol. The van der Waals surface area contributed by atoms with Gasteiger partial charge in [-0.05, 0) is 66.2 Å². The minimum Gasteiger partial charge on any atom is -0.493 e.